The van der Waals surface area contributed by atoms with Gasteiger partial charge in [0.1, 0.15) is 23.9 Å². The molecular formula is C37H33N3O5S2. The van der Waals surface area contributed by atoms with Crippen molar-refractivity contribution in [2.24, 2.45) is 0 Å². The predicted octanol–water partition coefficient (Wildman–Crippen LogP) is 8.05. The van der Waals surface area contributed by atoms with Gasteiger partial charge in [-0.3, -0.25) is 14.5 Å². The average molecular weight is 664 g/mol. The number of ether oxygens (including phenoxy) is 2. The van der Waals surface area contributed by atoms with Crippen molar-refractivity contribution in [2.45, 2.75) is 43.5 Å². The first-order valence-electron chi connectivity index (χ1n) is 15.2. The fourth-order valence-electron chi connectivity index (χ4n) is 5.24. The number of carbonyl (C=O) groups is 2. The number of benzene rings is 4. The third-order valence-electron chi connectivity index (χ3n) is 7.82. The van der Waals surface area contributed by atoms with Gasteiger partial charge in [0, 0.05) is 11.3 Å². The average Bonchev–Trinajstić information content (AvgIpc) is 3.66. The standard InChI is InChI=1S/C37H33N3O5S2/c1-4-44-29-17-13-26(14-18-29)32-31(33(41)27-15-19-30(20-16-27)45-21-28-8-6-5-7-24(28)3)34(42)35(43)40(32)36-38-39-37(47-36)46-22-25-11-9-23(2)10-12-25/h5-20,32,41H,4,21-22H2,1-3H3/b33-31+. The molecule has 1 aromatic heterocycles. The zero-order valence-corrected chi connectivity index (χ0v) is 27.8. The van der Waals surface area contributed by atoms with Crippen LogP contribution in [0.4, 0.5) is 5.13 Å². The van der Waals surface area contributed by atoms with Crippen molar-refractivity contribution in [3.63, 3.8) is 0 Å². The molecule has 4 aromatic carbocycles. The van der Waals surface area contributed by atoms with Gasteiger partial charge in [-0.25, -0.2) is 0 Å². The molecule has 1 amide bonds. The molecule has 0 saturated carbocycles. The number of hydrogen-bond donors (Lipinski definition) is 1. The van der Waals surface area contributed by atoms with Crippen LogP contribution in [0.5, 0.6) is 11.5 Å². The Kier molecular flexibility index (Phi) is 9.70. The maximum absolute atomic E-state index is 13.7. The molecule has 1 atom stereocenters. The van der Waals surface area contributed by atoms with Gasteiger partial charge in [-0.15, -0.1) is 10.2 Å². The lowest BCUT2D eigenvalue weighted by Gasteiger charge is -2.22. The SMILES string of the molecule is CCOc1ccc(C2/C(=C(\O)c3ccc(OCc4ccccc4C)cc3)C(=O)C(=O)N2c2nnc(SCc3ccc(C)cc3)s2)cc1. The number of amides is 1. The monoisotopic (exact) mass is 663 g/mol. The number of aryl methyl sites for hydroxylation is 2. The summed E-state index contributed by atoms with van der Waals surface area (Å²) in [5.74, 6) is 0.0765. The first-order valence-corrected chi connectivity index (χ1v) is 17.0. The highest BCUT2D eigenvalue weighted by Crippen LogP contribution is 2.44. The highest BCUT2D eigenvalue weighted by Gasteiger charge is 2.48. The minimum Gasteiger partial charge on any atom is -0.507 e. The van der Waals surface area contributed by atoms with Gasteiger partial charge in [-0.05, 0) is 79.4 Å². The van der Waals surface area contributed by atoms with Crippen molar-refractivity contribution in [2.75, 3.05) is 11.5 Å². The van der Waals surface area contributed by atoms with Crippen LogP contribution in [-0.2, 0) is 21.9 Å². The minimum atomic E-state index is -0.925. The molecule has 8 nitrogen and oxygen atoms in total. The Balaban J connectivity index is 1.30. The third-order valence-corrected chi connectivity index (χ3v) is 9.95. The highest BCUT2D eigenvalue weighted by molar-refractivity contribution is 8.00. The number of aliphatic hydroxyl groups excluding tert-OH is 1. The summed E-state index contributed by atoms with van der Waals surface area (Å²) in [7, 11) is 0. The van der Waals surface area contributed by atoms with Crippen molar-refractivity contribution >= 4 is 45.7 Å². The van der Waals surface area contributed by atoms with E-state index in [2.05, 4.69) is 34.5 Å². The van der Waals surface area contributed by atoms with Crippen LogP contribution in [0.3, 0.4) is 0 Å². The smallest absolute Gasteiger partial charge is 0.301 e. The molecule has 0 aliphatic carbocycles. The normalized spacial score (nSPS) is 15.6. The Morgan fingerprint density at radius 3 is 2.26 bits per heavy atom. The summed E-state index contributed by atoms with van der Waals surface area (Å²) >= 11 is 2.74. The predicted molar refractivity (Wildman–Crippen MR) is 185 cm³/mol. The molecule has 1 aliphatic heterocycles. The maximum atomic E-state index is 13.7. The second kappa shape index (κ2) is 14.2. The molecule has 1 N–H and O–H groups in total. The van der Waals surface area contributed by atoms with E-state index in [1.54, 1.807) is 48.5 Å². The molecule has 1 fully saturated rings. The van der Waals surface area contributed by atoms with Gasteiger partial charge < -0.3 is 14.6 Å². The quantitative estimate of drug-likeness (QED) is 0.0498. The molecule has 6 rings (SSSR count). The summed E-state index contributed by atoms with van der Waals surface area (Å²) in [6.07, 6.45) is 0. The van der Waals surface area contributed by atoms with E-state index in [0.29, 0.717) is 45.9 Å². The molecule has 238 valence electrons. The van der Waals surface area contributed by atoms with Crippen LogP contribution in [0, 0.1) is 13.8 Å². The van der Waals surface area contributed by atoms with Gasteiger partial charge >= 0.3 is 5.91 Å². The molecule has 0 spiro atoms. The Bertz CT molecular complexity index is 1920. The third kappa shape index (κ3) is 7.08. The number of Topliss-reactive ketones (excluding diaryl/α,β-unsaturated/α-hetero) is 1. The first-order chi connectivity index (χ1) is 22.8. The molecular weight excluding hydrogens is 631 g/mol. The zero-order valence-electron chi connectivity index (χ0n) is 26.2. The summed E-state index contributed by atoms with van der Waals surface area (Å²) < 4.78 is 12.2. The van der Waals surface area contributed by atoms with Gasteiger partial charge in [-0.1, -0.05) is 89.3 Å². The Morgan fingerprint density at radius 1 is 0.872 bits per heavy atom. The second-order valence-corrected chi connectivity index (χ2v) is 13.2. The lowest BCUT2D eigenvalue weighted by molar-refractivity contribution is -0.132. The van der Waals surface area contributed by atoms with Crippen LogP contribution in [0.25, 0.3) is 5.76 Å². The van der Waals surface area contributed by atoms with Crippen LogP contribution >= 0.6 is 23.1 Å². The van der Waals surface area contributed by atoms with E-state index < -0.39 is 17.7 Å². The number of anilines is 1. The topological polar surface area (TPSA) is 102 Å². The summed E-state index contributed by atoms with van der Waals surface area (Å²) in [6.45, 7) is 6.86. The number of aromatic nitrogens is 2. The van der Waals surface area contributed by atoms with E-state index in [-0.39, 0.29) is 16.5 Å². The Morgan fingerprint density at radius 2 is 1.55 bits per heavy atom. The number of carbonyl (C=O) groups excluding carboxylic acids is 2. The molecule has 5 aromatic rings. The number of rotatable bonds is 11. The first kappa shape index (κ1) is 32.0. The van der Waals surface area contributed by atoms with E-state index in [9.17, 15) is 14.7 Å². The van der Waals surface area contributed by atoms with E-state index in [1.807, 2.05) is 45.0 Å². The molecule has 2 heterocycles. The number of hydrogen-bond acceptors (Lipinski definition) is 9. The van der Waals surface area contributed by atoms with E-state index in [4.69, 9.17) is 9.47 Å². The largest absolute Gasteiger partial charge is 0.507 e. The zero-order chi connectivity index (χ0) is 32.9. The molecule has 1 aliphatic rings. The number of nitrogens with zero attached hydrogens (tertiary/aromatic N) is 3. The van der Waals surface area contributed by atoms with Gasteiger partial charge in [0.15, 0.2) is 4.34 Å². The Labute approximate surface area is 281 Å². The summed E-state index contributed by atoms with van der Waals surface area (Å²) in [5, 5.41) is 20.5. The van der Waals surface area contributed by atoms with Crippen molar-refractivity contribution in [3.05, 3.63) is 136 Å². The second-order valence-electron chi connectivity index (χ2n) is 11.0. The molecule has 0 radical (unpaired) electrons. The lowest BCUT2D eigenvalue weighted by atomic mass is 9.95. The van der Waals surface area contributed by atoms with Crippen LogP contribution in [0.1, 0.15) is 46.3 Å². The van der Waals surface area contributed by atoms with Gasteiger partial charge in [-0.2, -0.15) is 0 Å². The molecule has 47 heavy (non-hydrogen) atoms. The van der Waals surface area contributed by atoms with E-state index in [0.717, 1.165) is 16.7 Å². The van der Waals surface area contributed by atoms with Crippen molar-refractivity contribution in [1.29, 1.82) is 0 Å². The fraction of sp³-hybridized carbons (Fsp3) is 0.189. The summed E-state index contributed by atoms with van der Waals surface area (Å²) in [4.78, 5) is 28.6. The molecule has 0 bridgehead atoms. The van der Waals surface area contributed by atoms with Gasteiger partial charge in [0.2, 0.25) is 5.13 Å². The van der Waals surface area contributed by atoms with Crippen molar-refractivity contribution in [1.82, 2.24) is 10.2 Å². The van der Waals surface area contributed by atoms with Crippen LogP contribution in [0.2, 0.25) is 0 Å². The maximum Gasteiger partial charge on any atom is 0.301 e. The van der Waals surface area contributed by atoms with Crippen LogP contribution in [-0.4, -0.2) is 33.6 Å². The molecule has 10 heteroatoms. The molecule has 1 saturated heterocycles. The lowest BCUT2D eigenvalue weighted by Crippen LogP contribution is -2.29. The fourth-order valence-corrected chi connectivity index (χ4v) is 7.07. The van der Waals surface area contributed by atoms with Crippen molar-refractivity contribution < 1.29 is 24.2 Å². The van der Waals surface area contributed by atoms with Gasteiger partial charge in [0.05, 0.1) is 18.2 Å². The van der Waals surface area contributed by atoms with E-state index in [1.165, 1.54) is 33.6 Å². The number of ketones is 1. The van der Waals surface area contributed by atoms with Gasteiger partial charge in [0.25, 0.3) is 5.78 Å². The number of aliphatic hydroxyl groups is 1. The summed E-state index contributed by atoms with van der Waals surface area (Å²) in [5.41, 5.74) is 5.50. The number of thioether (sulfide) groups is 1. The van der Waals surface area contributed by atoms with Crippen LogP contribution < -0.4 is 14.4 Å². The highest BCUT2D eigenvalue weighted by atomic mass is 32.2. The molecule has 1 unspecified atom stereocenters. The minimum absolute atomic E-state index is 0.0307. The van der Waals surface area contributed by atoms with Crippen LogP contribution in [0.15, 0.2) is 107 Å². The van der Waals surface area contributed by atoms with E-state index >= 15 is 0 Å². The Hall–Kier alpha value is -4.93. The van der Waals surface area contributed by atoms with Crippen molar-refractivity contribution in [3.8, 4) is 11.5 Å². The summed E-state index contributed by atoms with van der Waals surface area (Å²) in [6, 6.07) is 29.3.